The number of nitrogens with zero attached hydrogens (tertiary/aromatic N) is 1. The highest BCUT2D eigenvalue weighted by Crippen LogP contribution is 2.29. The van der Waals surface area contributed by atoms with Crippen molar-refractivity contribution in [2.24, 2.45) is 0 Å². The maximum atomic E-state index is 11.9. The number of carboxylic acids is 1. The van der Waals surface area contributed by atoms with Gasteiger partial charge in [-0.1, -0.05) is 6.07 Å². The summed E-state index contributed by atoms with van der Waals surface area (Å²) >= 11 is 0. The Labute approximate surface area is 117 Å². The van der Waals surface area contributed by atoms with Crippen molar-refractivity contribution in [3.8, 4) is 0 Å². The van der Waals surface area contributed by atoms with Crippen molar-refractivity contribution in [1.82, 2.24) is 5.32 Å². The number of carboxylic acid groups (broad SMARTS) is 1. The number of hydrogen-bond acceptors (Lipinski definition) is 3. The van der Waals surface area contributed by atoms with Crippen LogP contribution >= 0.6 is 0 Å². The molecular weight excluding hydrogens is 256 g/mol. The van der Waals surface area contributed by atoms with Crippen molar-refractivity contribution in [3.05, 3.63) is 29.3 Å². The first kappa shape index (κ1) is 13.0. The molecule has 1 aliphatic heterocycles. The second-order valence-corrected chi connectivity index (χ2v) is 5.48. The number of carbonyl (C=O) groups excluding carboxylic acids is 1. The fraction of sp³-hybridized carbons (Fsp3) is 0.467. The molecule has 5 heteroatoms. The summed E-state index contributed by atoms with van der Waals surface area (Å²) in [6, 6.07) is 5.65. The molecule has 1 aromatic rings. The molecule has 1 fully saturated rings. The molecule has 106 valence electrons. The van der Waals surface area contributed by atoms with Gasteiger partial charge in [0.2, 0.25) is 5.91 Å². The molecular formula is C15H18N2O3. The Morgan fingerprint density at radius 3 is 2.85 bits per heavy atom. The van der Waals surface area contributed by atoms with Gasteiger partial charge in [0.1, 0.15) is 0 Å². The SMILES string of the molecule is O=C(CN1CCCc2c(C(=O)O)cccc21)NC1CC1. The van der Waals surface area contributed by atoms with E-state index in [2.05, 4.69) is 5.32 Å². The number of carbonyl (C=O) groups is 2. The van der Waals surface area contributed by atoms with Crippen LogP contribution in [-0.2, 0) is 11.2 Å². The molecule has 0 atom stereocenters. The van der Waals surface area contributed by atoms with E-state index >= 15 is 0 Å². The Morgan fingerprint density at radius 2 is 2.15 bits per heavy atom. The summed E-state index contributed by atoms with van der Waals surface area (Å²) in [4.78, 5) is 25.2. The summed E-state index contributed by atoms with van der Waals surface area (Å²) in [5, 5.41) is 12.2. The van der Waals surface area contributed by atoms with Crippen molar-refractivity contribution in [3.63, 3.8) is 0 Å². The predicted octanol–water partition coefficient (Wildman–Crippen LogP) is 1.42. The first-order valence-electron chi connectivity index (χ1n) is 7.04. The number of fused-ring (bicyclic) bond motifs is 1. The Hall–Kier alpha value is -2.04. The van der Waals surface area contributed by atoms with Gasteiger partial charge in [0.15, 0.2) is 0 Å². The van der Waals surface area contributed by atoms with E-state index in [1.807, 2.05) is 11.0 Å². The molecule has 1 aromatic carbocycles. The molecule has 0 spiro atoms. The van der Waals surface area contributed by atoms with Crippen LogP contribution in [0.15, 0.2) is 18.2 Å². The van der Waals surface area contributed by atoms with Crippen molar-refractivity contribution in [2.75, 3.05) is 18.0 Å². The highest BCUT2D eigenvalue weighted by atomic mass is 16.4. The summed E-state index contributed by atoms with van der Waals surface area (Å²) in [7, 11) is 0. The average Bonchev–Trinajstić information content (AvgIpc) is 3.22. The van der Waals surface area contributed by atoms with Gasteiger partial charge in [0.25, 0.3) is 0 Å². The van der Waals surface area contributed by atoms with Gasteiger partial charge in [-0.15, -0.1) is 0 Å². The second kappa shape index (κ2) is 5.15. The minimum Gasteiger partial charge on any atom is -0.478 e. The Balaban J connectivity index is 1.80. The van der Waals surface area contributed by atoms with E-state index in [-0.39, 0.29) is 5.91 Å². The maximum absolute atomic E-state index is 11.9. The summed E-state index contributed by atoms with van der Waals surface area (Å²) < 4.78 is 0. The molecule has 0 aromatic heterocycles. The van der Waals surface area contributed by atoms with Crippen LogP contribution in [0.2, 0.25) is 0 Å². The second-order valence-electron chi connectivity index (χ2n) is 5.48. The third-order valence-corrected chi connectivity index (χ3v) is 3.85. The van der Waals surface area contributed by atoms with Crippen LogP contribution in [0, 0.1) is 0 Å². The zero-order chi connectivity index (χ0) is 14.1. The van der Waals surface area contributed by atoms with Gasteiger partial charge in [0, 0.05) is 18.3 Å². The molecule has 2 aliphatic rings. The number of benzene rings is 1. The van der Waals surface area contributed by atoms with Crippen LogP contribution in [-0.4, -0.2) is 36.1 Å². The smallest absolute Gasteiger partial charge is 0.336 e. The van der Waals surface area contributed by atoms with Gasteiger partial charge in [-0.2, -0.15) is 0 Å². The molecule has 1 amide bonds. The van der Waals surface area contributed by atoms with Gasteiger partial charge < -0.3 is 15.3 Å². The van der Waals surface area contributed by atoms with Gasteiger partial charge in [-0.05, 0) is 43.4 Å². The molecule has 1 saturated carbocycles. The minimum atomic E-state index is -0.897. The molecule has 20 heavy (non-hydrogen) atoms. The lowest BCUT2D eigenvalue weighted by Gasteiger charge is -2.31. The summed E-state index contributed by atoms with van der Waals surface area (Å²) in [5.74, 6) is -0.868. The number of anilines is 1. The van der Waals surface area contributed by atoms with Crippen molar-refractivity contribution in [2.45, 2.75) is 31.7 Å². The third-order valence-electron chi connectivity index (χ3n) is 3.85. The Bertz CT molecular complexity index is 552. The Morgan fingerprint density at radius 1 is 1.35 bits per heavy atom. The van der Waals surface area contributed by atoms with E-state index in [4.69, 9.17) is 0 Å². The van der Waals surface area contributed by atoms with Gasteiger partial charge in [-0.3, -0.25) is 4.79 Å². The zero-order valence-electron chi connectivity index (χ0n) is 11.3. The number of nitrogens with one attached hydrogen (secondary N) is 1. The molecule has 0 radical (unpaired) electrons. The lowest BCUT2D eigenvalue weighted by molar-refractivity contribution is -0.119. The lowest BCUT2D eigenvalue weighted by Crippen LogP contribution is -2.40. The number of hydrogen-bond donors (Lipinski definition) is 2. The average molecular weight is 274 g/mol. The predicted molar refractivity (Wildman–Crippen MR) is 75.1 cm³/mol. The van der Waals surface area contributed by atoms with Crippen LogP contribution in [0.4, 0.5) is 5.69 Å². The van der Waals surface area contributed by atoms with E-state index in [1.165, 1.54) is 0 Å². The molecule has 3 rings (SSSR count). The van der Waals surface area contributed by atoms with Crippen LogP contribution < -0.4 is 10.2 Å². The van der Waals surface area contributed by atoms with Crippen molar-refractivity contribution < 1.29 is 14.7 Å². The van der Waals surface area contributed by atoms with Crippen LogP contribution in [0.1, 0.15) is 35.2 Å². The first-order chi connectivity index (χ1) is 9.65. The van der Waals surface area contributed by atoms with Crippen LogP contribution in [0.5, 0.6) is 0 Å². The standard InChI is InChI=1S/C15H18N2O3/c18-14(16-10-6-7-10)9-17-8-2-4-11-12(15(19)20)3-1-5-13(11)17/h1,3,5,10H,2,4,6-9H2,(H,16,18)(H,19,20). The highest BCUT2D eigenvalue weighted by Gasteiger charge is 2.26. The zero-order valence-corrected chi connectivity index (χ0v) is 11.3. The summed E-state index contributed by atoms with van der Waals surface area (Å²) in [5.41, 5.74) is 2.10. The largest absolute Gasteiger partial charge is 0.478 e. The van der Waals surface area contributed by atoms with E-state index in [1.54, 1.807) is 12.1 Å². The molecule has 5 nitrogen and oxygen atoms in total. The number of aromatic carboxylic acids is 1. The monoisotopic (exact) mass is 274 g/mol. The summed E-state index contributed by atoms with van der Waals surface area (Å²) in [6.45, 7) is 1.11. The lowest BCUT2D eigenvalue weighted by atomic mass is 9.96. The molecule has 0 saturated heterocycles. The minimum absolute atomic E-state index is 0.0288. The molecule has 2 N–H and O–H groups in total. The first-order valence-corrected chi connectivity index (χ1v) is 7.04. The fourth-order valence-electron chi connectivity index (χ4n) is 2.74. The van der Waals surface area contributed by atoms with Crippen molar-refractivity contribution >= 4 is 17.6 Å². The topological polar surface area (TPSA) is 69.6 Å². The Kier molecular flexibility index (Phi) is 3.34. The fourth-order valence-corrected chi connectivity index (χ4v) is 2.74. The van der Waals surface area contributed by atoms with E-state index in [0.717, 1.165) is 43.5 Å². The van der Waals surface area contributed by atoms with Gasteiger partial charge >= 0.3 is 5.97 Å². The molecule has 1 aliphatic carbocycles. The van der Waals surface area contributed by atoms with E-state index in [9.17, 15) is 14.7 Å². The highest BCUT2D eigenvalue weighted by molar-refractivity contribution is 5.92. The van der Waals surface area contributed by atoms with Gasteiger partial charge in [0.05, 0.1) is 12.1 Å². The molecule has 0 unspecified atom stereocenters. The third kappa shape index (κ3) is 2.61. The summed E-state index contributed by atoms with van der Waals surface area (Å²) in [6.07, 6.45) is 3.80. The molecule has 0 bridgehead atoms. The van der Waals surface area contributed by atoms with E-state index in [0.29, 0.717) is 18.2 Å². The van der Waals surface area contributed by atoms with Crippen LogP contribution in [0.25, 0.3) is 0 Å². The number of amides is 1. The number of rotatable bonds is 4. The van der Waals surface area contributed by atoms with Crippen molar-refractivity contribution in [1.29, 1.82) is 0 Å². The van der Waals surface area contributed by atoms with E-state index < -0.39 is 5.97 Å². The quantitative estimate of drug-likeness (QED) is 0.871. The van der Waals surface area contributed by atoms with Crippen LogP contribution in [0.3, 0.4) is 0 Å². The van der Waals surface area contributed by atoms with Gasteiger partial charge in [-0.25, -0.2) is 4.79 Å². The molecule has 1 heterocycles. The maximum Gasteiger partial charge on any atom is 0.336 e. The normalized spacial score (nSPS) is 17.5.